The third-order valence-corrected chi connectivity index (χ3v) is 5.01. The molecule has 0 amide bonds. The predicted octanol–water partition coefficient (Wildman–Crippen LogP) is 3.28. The molecule has 0 unspecified atom stereocenters. The molecular weight excluding hydrogens is 253 g/mol. The number of imidazole rings is 1. The summed E-state index contributed by atoms with van der Waals surface area (Å²) in [7, 11) is 0. The van der Waals surface area contributed by atoms with Gasteiger partial charge in [-0.05, 0) is 37.8 Å². The molecule has 3 nitrogen and oxygen atoms in total. The molecule has 0 aliphatic heterocycles. The maximum atomic E-state index is 14.1. The Hall–Kier alpha value is -1.42. The van der Waals surface area contributed by atoms with Gasteiger partial charge in [-0.25, -0.2) is 9.37 Å². The van der Waals surface area contributed by atoms with Crippen LogP contribution in [0.25, 0.3) is 11.0 Å². The number of aromatic nitrogens is 2. The molecule has 1 aromatic heterocycles. The molecule has 4 heteroatoms. The van der Waals surface area contributed by atoms with Gasteiger partial charge < -0.3 is 10.3 Å². The van der Waals surface area contributed by atoms with Gasteiger partial charge in [0.15, 0.2) is 5.82 Å². The van der Waals surface area contributed by atoms with Gasteiger partial charge in [-0.1, -0.05) is 18.9 Å². The molecule has 2 aliphatic carbocycles. The van der Waals surface area contributed by atoms with Crippen molar-refractivity contribution in [1.82, 2.24) is 9.55 Å². The molecule has 0 saturated heterocycles. The van der Waals surface area contributed by atoms with Crippen LogP contribution in [0.5, 0.6) is 0 Å². The number of nitrogens with two attached hydrogens (primary N) is 1. The van der Waals surface area contributed by atoms with Crippen LogP contribution in [0, 0.1) is 5.82 Å². The summed E-state index contributed by atoms with van der Waals surface area (Å²) in [5.41, 5.74) is 7.54. The highest BCUT2D eigenvalue weighted by atomic mass is 19.1. The molecule has 0 spiro atoms. The summed E-state index contributed by atoms with van der Waals surface area (Å²) in [6, 6.07) is 5.78. The number of halogens is 1. The quantitative estimate of drug-likeness (QED) is 0.932. The van der Waals surface area contributed by atoms with Crippen molar-refractivity contribution in [3.8, 4) is 0 Å². The van der Waals surface area contributed by atoms with Crippen molar-refractivity contribution in [3.05, 3.63) is 29.8 Å². The monoisotopic (exact) mass is 273 g/mol. The van der Waals surface area contributed by atoms with Crippen LogP contribution in [0.4, 0.5) is 4.39 Å². The highest BCUT2D eigenvalue weighted by Crippen LogP contribution is 2.46. The van der Waals surface area contributed by atoms with Gasteiger partial charge in [0.2, 0.25) is 0 Å². The van der Waals surface area contributed by atoms with Gasteiger partial charge >= 0.3 is 0 Å². The van der Waals surface area contributed by atoms with E-state index in [2.05, 4.69) is 4.57 Å². The molecule has 2 fully saturated rings. The number of rotatable bonds is 3. The second-order valence-corrected chi connectivity index (χ2v) is 6.34. The average molecular weight is 273 g/mol. The largest absolute Gasteiger partial charge is 0.329 e. The van der Waals surface area contributed by atoms with Crippen LogP contribution < -0.4 is 5.73 Å². The van der Waals surface area contributed by atoms with Crippen molar-refractivity contribution < 1.29 is 4.39 Å². The van der Waals surface area contributed by atoms with Crippen molar-refractivity contribution in [2.75, 3.05) is 6.54 Å². The van der Waals surface area contributed by atoms with Gasteiger partial charge in [-0.3, -0.25) is 0 Å². The van der Waals surface area contributed by atoms with Gasteiger partial charge in [0.05, 0.1) is 5.52 Å². The van der Waals surface area contributed by atoms with Crippen molar-refractivity contribution in [3.63, 3.8) is 0 Å². The molecule has 2 saturated carbocycles. The Morgan fingerprint density at radius 3 is 2.70 bits per heavy atom. The summed E-state index contributed by atoms with van der Waals surface area (Å²) < 4.78 is 16.4. The van der Waals surface area contributed by atoms with Crippen molar-refractivity contribution in [2.45, 2.75) is 50.0 Å². The molecule has 0 atom stereocenters. The van der Waals surface area contributed by atoms with E-state index < -0.39 is 0 Å². The Kier molecular flexibility index (Phi) is 2.64. The van der Waals surface area contributed by atoms with E-state index in [1.807, 2.05) is 6.07 Å². The molecule has 0 radical (unpaired) electrons. The molecule has 2 aromatic rings. The number of hydrogen-bond acceptors (Lipinski definition) is 2. The number of nitrogens with zero attached hydrogens (tertiary/aromatic N) is 2. The van der Waals surface area contributed by atoms with Gasteiger partial charge in [0.1, 0.15) is 11.3 Å². The van der Waals surface area contributed by atoms with Crippen LogP contribution in [-0.2, 0) is 5.41 Å². The van der Waals surface area contributed by atoms with E-state index in [9.17, 15) is 4.39 Å². The molecule has 2 aliphatic rings. The Balaban J connectivity index is 1.98. The van der Waals surface area contributed by atoms with Gasteiger partial charge in [0, 0.05) is 18.0 Å². The summed E-state index contributed by atoms with van der Waals surface area (Å²) >= 11 is 0. The lowest BCUT2D eigenvalue weighted by molar-refractivity contribution is 0.405. The molecule has 1 heterocycles. The maximum absolute atomic E-state index is 14.1. The van der Waals surface area contributed by atoms with Crippen LogP contribution in [-0.4, -0.2) is 16.1 Å². The molecule has 20 heavy (non-hydrogen) atoms. The summed E-state index contributed by atoms with van der Waals surface area (Å²) in [5, 5.41) is 0. The van der Waals surface area contributed by atoms with Crippen LogP contribution in [0.1, 0.15) is 50.4 Å². The fourth-order valence-corrected chi connectivity index (χ4v) is 3.73. The highest BCUT2D eigenvalue weighted by molar-refractivity contribution is 5.77. The van der Waals surface area contributed by atoms with Crippen molar-refractivity contribution in [1.29, 1.82) is 0 Å². The first-order valence-electron chi connectivity index (χ1n) is 7.62. The number of benzene rings is 1. The zero-order valence-electron chi connectivity index (χ0n) is 11.6. The average Bonchev–Trinajstić information content (AvgIpc) is 3.04. The van der Waals surface area contributed by atoms with Crippen molar-refractivity contribution in [2.24, 2.45) is 5.73 Å². The lowest BCUT2D eigenvalue weighted by Crippen LogP contribution is -2.35. The highest BCUT2D eigenvalue weighted by Gasteiger charge is 2.41. The smallest absolute Gasteiger partial charge is 0.151 e. The number of fused-ring (bicyclic) bond motifs is 1. The SMILES string of the molecule is NCC1(c2nc3c(F)cccc3n2C2CC2)CCCC1. The summed E-state index contributed by atoms with van der Waals surface area (Å²) in [6.45, 7) is 0.616. The Labute approximate surface area is 118 Å². The summed E-state index contributed by atoms with van der Waals surface area (Å²) in [4.78, 5) is 4.71. The zero-order valence-corrected chi connectivity index (χ0v) is 11.6. The third-order valence-electron chi connectivity index (χ3n) is 5.01. The topological polar surface area (TPSA) is 43.8 Å². The summed E-state index contributed by atoms with van der Waals surface area (Å²) in [5.74, 6) is 0.827. The summed E-state index contributed by atoms with van der Waals surface area (Å²) in [6.07, 6.45) is 6.93. The third kappa shape index (κ3) is 1.64. The Morgan fingerprint density at radius 2 is 2.05 bits per heavy atom. The van der Waals surface area contributed by atoms with E-state index in [4.69, 9.17) is 10.7 Å². The molecule has 2 N–H and O–H groups in total. The first-order valence-corrected chi connectivity index (χ1v) is 7.62. The predicted molar refractivity (Wildman–Crippen MR) is 77.2 cm³/mol. The van der Waals surface area contributed by atoms with Crippen LogP contribution in [0.3, 0.4) is 0 Å². The van der Waals surface area contributed by atoms with E-state index >= 15 is 0 Å². The number of para-hydroxylation sites is 1. The Bertz CT molecular complexity index is 651. The van der Waals surface area contributed by atoms with E-state index in [0.29, 0.717) is 18.1 Å². The molecule has 0 bridgehead atoms. The van der Waals surface area contributed by atoms with E-state index in [-0.39, 0.29) is 11.2 Å². The van der Waals surface area contributed by atoms with Crippen LogP contribution in [0.2, 0.25) is 0 Å². The minimum absolute atomic E-state index is 0.0337. The normalized spacial score (nSPS) is 21.7. The van der Waals surface area contributed by atoms with Gasteiger partial charge in [-0.2, -0.15) is 0 Å². The fourth-order valence-electron chi connectivity index (χ4n) is 3.73. The fraction of sp³-hybridized carbons (Fsp3) is 0.562. The molecule has 106 valence electrons. The van der Waals surface area contributed by atoms with Crippen molar-refractivity contribution >= 4 is 11.0 Å². The molecule has 1 aromatic carbocycles. The molecule has 4 rings (SSSR count). The van der Waals surface area contributed by atoms with E-state index in [1.54, 1.807) is 6.07 Å². The Morgan fingerprint density at radius 1 is 1.30 bits per heavy atom. The first-order chi connectivity index (χ1) is 9.75. The zero-order chi connectivity index (χ0) is 13.7. The van der Waals surface area contributed by atoms with Gasteiger partial charge in [0.25, 0.3) is 0 Å². The molecular formula is C16H20FN3. The first kappa shape index (κ1) is 12.3. The maximum Gasteiger partial charge on any atom is 0.151 e. The second-order valence-electron chi connectivity index (χ2n) is 6.34. The standard InChI is InChI=1S/C16H20FN3/c17-12-4-3-5-13-14(12)19-15(20(13)11-6-7-11)16(10-18)8-1-2-9-16/h3-5,11H,1-2,6-10,18H2. The van der Waals surface area contributed by atoms with Gasteiger partial charge in [-0.15, -0.1) is 0 Å². The van der Waals surface area contributed by atoms with Crippen LogP contribution in [0.15, 0.2) is 18.2 Å². The number of hydrogen-bond donors (Lipinski definition) is 1. The minimum atomic E-state index is -0.215. The van der Waals surface area contributed by atoms with Crippen LogP contribution >= 0.6 is 0 Å². The lowest BCUT2D eigenvalue weighted by atomic mass is 9.85. The second kappa shape index (κ2) is 4.29. The van der Waals surface area contributed by atoms with E-state index in [0.717, 1.165) is 24.2 Å². The minimum Gasteiger partial charge on any atom is -0.329 e. The van der Waals surface area contributed by atoms with E-state index in [1.165, 1.54) is 31.7 Å². The lowest BCUT2D eigenvalue weighted by Gasteiger charge is -2.27.